The van der Waals surface area contributed by atoms with Crippen molar-refractivity contribution in [2.24, 2.45) is 5.73 Å². The van der Waals surface area contributed by atoms with Gasteiger partial charge in [-0.2, -0.15) is 13.2 Å². The van der Waals surface area contributed by atoms with Gasteiger partial charge in [0.15, 0.2) is 11.5 Å². The Morgan fingerprint density at radius 2 is 2.00 bits per heavy atom. The van der Waals surface area contributed by atoms with Gasteiger partial charge in [0.1, 0.15) is 29.6 Å². The number of fused-ring (bicyclic) bond motifs is 2. The van der Waals surface area contributed by atoms with Crippen LogP contribution in [0.2, 0.25) is 0 Å². The van der Waals surface area contributed by atoms with Crippen LogP contribution in [0.5, 0.6) is 5.75 Å². The summed E-state index contributed by atoms with van der Waals surface area (Å²) in [6.45, 7) is 2.17. The van der Waals surface area contributed by atoms with E-state index >= 15 is 0 Å². The summed E-state index contributed by atoms with van der Waals surface area (Å²) in [5.74, 6) is 0.801. The van der Waals surface area contributed by atoms with Crippen molar-refractivity contribution in [2.45, 2.75) is 37.7 Å². The first-order valence-corrected chi connectivity index (χ1v) is 11.3. The van der Waals surface area contributed by atoms with Gasteiger partial charge < -0.3 is 15.6 Å². The molecule has 1 aromatic carbocycles. The molecule has 35 heavy (non-hydrogen) atoms. The maximum absolute atomic E-state index is 14.1. The normalized spacial score (nSPS) is 18.9. The number of hydrogen-bond acceptors (Lipinski definition) is 7. The number of aliphatic hydroxyl groups excluding tert-OH is 1. The number of rotatable bonds is 6. The summed E-state index contributed by atoms with van der Waals surface area (Å²) < 4.78 is 49.6. The fraction of sp³-hybridized carbons (Fsp3) is 0.375. The monoisotopic (exact) mass is 486 g/mol. The largest absolute Gasteiger partial charge is 0.489 e. The van der Waals surface area contributed by atoms with E-state index in [0.29, 0.717) is 34.9 Å². The number of likely N-dealkylation sites (tertiary alicyclic amines) is 1. The standard InChI is InChI=1S/C24H25F3N6O2/c1-14(34)13-35-19-4-2-3-15-5-7-18(29-21(15)19)23-31-30-20-8-6-16(11-33(20)23)22(24(25,26)27)32-10-9-17(28)12-32/h2-8,11,14,17,22,34H,9-10,12-13,28H2,1H3/t14-,17-,22+/m0/s1. The van der Waals surface area contributed by atoms with Crippen molar-refractivity contribution in [3.8, 4) is 17.3 Å². The lowest BCUT2D eigenvalue weighted by molar-refractivity contribution is -0.183. The summed E-state index contributed by atoms with van der Waals surface area (Å²) in [4.78, 5) is 6.05. The number of nitrogens with two attached hydrogens (primary N) is 1. The molecule has 3 N–H and O–H groups in total. The fourth-order valence-corrected chi connectivity index (χ4v) is 4.47. The summed E-state index contributed by atoms with van der Waals surface area (Å²) in [6, 6.07) is 9.92. The van der Waals surface area contributed by atoms with E-state index in [1.54, 1.807) is 19.1 Å². The Labute approximate surface area is 199 Å². The number of aliphatic hydroxyl groups is 1. The maximum atomic E-state index is 14.1. The molecular weight excluding hydrogens is 461 g/mol. The molecule has 0 radical (unpaired) electrons. The van der Waals surface area contributed by atoms with E-state index in [1.165, 1.54) is 27.6 Å². The molecule has 0 spiro atoms. The summed E-state index contributed by atoms with van der Waals surface area (Å²) in [5.41, 5.74) is 7.36. The van der Waals surface area contributed by atoms with Crippen LogP contribution in [0.3, 0.4) is 0 Å². The third kappa shape index (κ3) is 4.66. The van der Waals surface area contributed by atoms with Crippen LogP contribution in [0.15, 0.2) is 48.7 Å². The van der Waals surface area contributed by atoms with Crippen molar-refractivity contribution in [3.05, 3.63) is 54.2 Å². The minimum atomic E-state index is -4.47. The van der Waals surface area contributed by atoms with E-state index in [0.717, 1.165) is 5.39 Å². The molecule has 5 rings (SSSR count). The van der Waals surface area contributed by atoms with Gasteiger partial charge in [0, 0.05) is 30.7 Å². The van der Waals surface area contributed by atoms with Crippen LogP contribution < -0.4 is 10.5 Å². The Kier molecular flexibility index (Phi) is 6.07. The van der Waals surface area contributed by atoms with E-state index < -0.39 is 18.3 Å². The molecule has 0 bridgehead atoms. The number of benzene rings is 1. The Morgan fingerprint density at radius 3 is 2.71 bits per heavy atom. The Hall–Kier alpha value is -3.28. The molecular formula is C24H25F3N6O2. The topological polar surface area (TPSA) is 102 Å². The Bertz CT molecular complexity index is 1360. The van der Waals surface area contributed by atoms with E-state index in [9.17, 15) is 18.3 Å². The molecule has 1 aliphatic heterocycles. The number of para-hydroxylation sites is 1. The molecule has 1 aliphatic rings. The molecule has 1 saturated heterocycles. The summed E-state index contributed by atoms with van der Waals surface area (Å²) >= 11 is 0. The number of pyridine rings is 2. The number of ether oxygens (including phenoxy) is 1. The predicted octanol–water partition coefficient (Wildman–Crippen LogP) is 3.34. The number of halogens is 3. The molecule has 184 valence electrons. The second-order valence-electron chi connectivity index (χ2n) is 8.89. The van der Waals surface area contributed by atoms with E-state index in [1.807, 2.05) is 18.2 Å². The van der Waals surface area contributed by atoms with Crippen LogP contribution in [0.4, 0.5) is 13.2 Å². The number of aromatic nitrogens is 4. The van der Waals surface area contributed by atoms with Crippen LogP contribution in [-0.4, -0.2) is 67.6 Å². The van der Waals surface area contributed by atoms with Gasteiger partial charge >= 0.3 is 6.18 Å². The maximum Gasteiger partial charge on any atom is 0.408 e. The van der Waals surface area contributed by atoms with E-state index in [2.05, 4.69) is 15.2 Å². The SMILES string of the molecule is C[C@H](O)COc1cccc2ccc(-c3nnc4ccc([C@@H](N5CC[C@H](N)C5)C(F)(F)F)cn34)nc12. The van der Waals surface area contributed by atoms with Gasteiger partial charge in [-0.3, -0.25) is 9.30 Å². The Balaban J connectivity index is 1.57. The van der Waals surface area contributed by atoms with Crippen molar-refractivity contribution < 1.29 is 23.0 Å². The quantitative estimate of drug-likeness (QED) is 0.431. The van der Waals surface area contributed by atoms with E-state index in [-0.39, 0.29) is 31.3 Å². The van der Waals surface area contributed by atoms with Gasteiger partial charge in [0.25, 0.3) is 0 Å². The van der Waals surface area contributed by atoms with Gasteiger partial charge in [0.2, 0.25) is 0 Å². The van der Waals surface area contributed by atoms with Crippen LogP contribution in [0, 0.1) is 0 Å². The summed E-state index contributed by atoms with van der Waals surface area (Å²) in [5, 5.41) is 18.7. The van der Waals surface area contributed by atoms with Crippen LogP contribution in [-0.2, 0) is 0 Å². The van der Waals surface area contributed by atoms with Crippen molar-refractivity contribution in [2.75, 3.05) is 19.7 Å². The van der Waals surface area contributed by atoms with Crippen LogP contribution in [0.25, 0.3) is 28.1 Å². The molecule has 0 aliphatic carbocycles. The molecule has 8 nitrogen and oxygen atoms in total. The lowest BCUT2D eigenvalue weighted by atomic mass is 10.1. The lowest BCUT2D eigenvalue weighted by Crippen LogP contribution is -2.38. The lowest BCUT2D eigenvalue weighted by Gasteiger charge is -2.30. The van der Waals surface area contributed by atoms with Crippen molar-refractivity contribution in [3.63, 3.8) is 0 Å². The molecule has 0 saturated carbocycles. The molecule has 3 aromatic heterocycles. The van der Waals surface area contributed by atoms with Gasteiger partial charge in [0.05, 0.1) is 6.10 Å². The summed E-state index contributed by atoms with van der Waals surface area (Å²) in [6.07, 6.45) is -3.18. The third-order valence-corrected chi connectivity index (χ3v) is 6.06. The predicted molar refractivity (Wildman–Crippen MR) is 124 cm³/mol. The molecule has 0 amide bonds. The highest BCUT2D eigenvalue weighted by Crippen LogP contribution is 2.39. The molecule has 11 heteroatoms. The van der Waals surface area contributed by atoms with Crippen molar-refractivity contribution >= 4 is 16.6 Å². The Morgan fingerprint density at radius 1 is 1.17 bits per heavy atom. The van der Waals surface area contributed by atoms with Crippen molar-refractivity contribution in [1.82, 2.24) is 24.5 Å². The number of hydrogen-bond donors (Lipinski definition) is 2. The molecule has 4 aromatic rings. The zero-order chi connectivity index (χ0) is 24.7. The first kappa shape index (κ1) is 23.5. The molecule has 3 atom stereocenters. The zero-order valence-electron chi connectivity index (χ0n) is 19.0. The van der Waals surface area contributed by atoms with Gasteiger partial charge in [-0.05, 0) is 37.1 Å². The molecule has 0 unspecified atom stereocenters. The first-order chi connectivity index (χ1) is 16.7. The minimum absolute atomic E-state index is 0.0851. The number of alkyl halides is 3. The summed E-state index contributed by atoms with van der Waals surface area (Å²) in [7, 11) is 0. The highest BCUT2D eigenvalue weighted by Gasteiger charge is 2.46. The van der Waals surface area contributed by atoms with Crippen LogP contribution >= 0.6 is 0 Å². The van der Waals surface area contributed by atoms with E-state index in [4.69, 9.17) is 10.5 Å². The van der Waals surface area contributed by atoms with Gasteiger partial charge in [-0.15, -0.1) is 10.2 Å². The second-order valence-corrected chi connectivity index (χ2v) is 8.89. The number of nitrogens with zero attached hydrogens (tertiary/aromatic N) is 5. The first-order valence-electron chi connectivity index (χ1n) is 11.3. The second kappa shape index (κ2) is 9.06. The highest BCUT2D eigenvalue weighted by molar-refractivity contribution is 5.86. The average molecular weight is 486 g/mol. The smallest absolute Gasteiger partial charge is 0.408 e. The zero-order valence-corrected chi connectivity index (χ0v) is 19.0. The van der Waals surface area contributed by atoms with Gasteiger partial charge in [-0.1, -0.05) is 24.3 Å². The van der Waals surface area contributed by atoms with Gasteiger partial charge in [-0.25, -0.2) is 4.98 Å². The van der Waals surface area contributed by atoms with Crippen molar-refractivity contribution in [1.29, 1.82) is 0 Å². The van der Waals surface area contributed by atoms with Crippen LogP contribution in [0.1, 0.15) is 24.9 Å². The molecule has 4 heterocycles. The minimum Gasteiger partial charge on any atom is -0.489 e. The third-order valence-electron chi connectivity index (χ3n) is 6.06. The average Bonchev–Trinajstić information content (AvgIpc) is 3.42. The molecule has 1 fully saturated rings. The fourth-order valence-electron chi connectivity index (χ4n) is 4.47. The highest BCUT2D eigenvalue weighted by atomic mass is 19.4.